The Morgan fingerprint density at radius 2 is 1.90 bits per heavy atom. The molecule has 2 aromatic carbocycles. The number of benzene rings is 2. The van der Waals surface area contributed by atoms with Gasteiger partial charge in [-0.05, 0) is 49.6 Å². The van der Waals surface area contributed by atoms with Crippen LogP contribution in [0.25, 0.3) is 0 Å². The number of carbonyl (C=O) groups is 1. The van der Waals surface area contributed by atoms with Crippen LogP contribution in [-0.2, 0) is 5.54 Å². The number of halogens is 2. The molecule has 0 aliphatic heterocycles. The number of rotatable bonds is 3. The highest BCUT2D eigenvalue weighted by molar-refractivity contribution is 6.35. The average molecular weight is 320 g/mol. The second-order valence-corrected chi connectivity index (χ2v) is 6.37. The van der Waals surface area contributed by atoms with Gasteiger partial charge in [-0.15, -0.1) is 0 Å². The highest BCUT2D eigenvalue weighted by Crippen LogP contribution is 2.48. The van der Waals surface area contributed by atoms with E-state index in [1.807, 2.05) is 43.3 Å². The van der Waals surface area contributed by atoms with Gasteiger partial charge in [0.05, 0.1) is 5.54 Å². The molecule has 0 heterocycles. The van der Waals surface area contributed by atoms with E-state index in [0.717, 1.165) is 24.0 Å². The Balaban J connectivity index is 1.85. The van der Waals surface area contributed by atoms with Gasteiger partial charge in [-0.3, -0.25) is 4.79 Å². The summed E-state index contributed by atoms with van der Waals surface area (Å²) >= 11 is 12.2. The standard InChI is InChI=1S/C17H15Cl2NO/c1-11-3-2-4-12(9-11)16(21)20-17(7-8-17)14-6-5-13(18)10-15(14)19/h2-6,9-10H,7-8H2,1H3,(H,20,21). The Bertz CT molecular complexity index is 708. The molecule has 1 aliphatic rings. The van der Waals surface area contributed by atoms with E-state index >= 15 is 0 Å². The van der Waals surface area contributed by atoms with Crippen molar-refractivity contribution < 1.29 is 4.79 Å². The summed E-state index contributed by atoms with van der Waals surface area (Å²) in [5, 5.41) is 4.32. The molecule has 1 amide bonds. The highest BCUT2D eigenvalue weighted by atomic mass is 35.5. The van der Waals surface area contributed by atoms with Gasteiger partial charge >= 0.3 is 0 Å². The first-order valence-corrected chi connectivity index (χ1v) is 7.60. The Labute approximate surface area is 134 Å². The van der Waals surface area contributed by atoms with Gasteiger partial charge in [-0.25, -0.2) is 0 Å². The van der Waals surface area contributed by atoms with Gasteiger partial charge in [0.2, 0.25) is 0 Å². The molecule has 0 atom stereocenters. The maximum Gasteiger partial charge on any atom is 0.251 e. The molecular weight excluding hydrogens is 305 g/mol. The largest absolute Gasteiger partial charge is 0.342 e. The molecule has 1 saturated carbocycles. The fourth-order valence-electron chi connectivity index (χ4n) is 2.54. The fourth-order valence-corrected chi connectivity index (χ4v) is 3.13. The molecule has 2 nitrogen and oxygen atoms in total. The summed E-state index contributed by atoms with van der Waals surface area (Å²) in [5.74, 6) is -0.0674. The normalized spacial score (nSPS) is 15.6. The predicted molar refractivity (Wildman–Crippen MR) is 86.0 cm³/mol. The van der Waals surface area contributed by atoms with Crippen LogP contribution in [0, 0.1) is 6.92 Å². The third-order valence-corrected chi connectivity index (χ3v) is 4.38. The van der Waals surface area contributed by atoms with Crippen LogP contribution in [0.3, 0.4) is 0 Å². The summed E-state index contributed by atoms with van der Waals surface area (Å²) in [7, 11) is 0. The molecule has 0 unspecified atom stereocenters. The topological polar surface area (TPSA) is 29.1 Å². The molecule has 108 valence electrons. The van der Waals surface area contributed by atoms with E-state index in [2.05, 4.69) is 5.32 Å². The number of amides is 1. The quantitative estimate of drug-likeness (QED) is 0.871. The maximum atomic E-state index is 12.4. The van der Waals surface area contributed by atoms with Crippen molar-refractivity contribution in [3.05, 3.63) is 69.2 Å². The van der Waals surface area contributed by atoms with Crippen LogP contribution in [0.5, 0.6) is 0 Å². The first-order chi connectivity index (χ1) is 10.00. The maximum absolute atomic E-state index is 12.4. The van der Waals surface area contributed by atoms with Crippen LogP contribution in [0.2, 0.25) is 10.0 Å². The molecule has 3 rings (SSSR count). The van der Waals surface area contributed by atoms with Crippen LogP contribution in [0.15, 0.2) is 42.5 Å². The molecule has 4 heteroatoms. The van der Waals surface area contributed by atoms with Crippen molar-refractivity contribution >= 4 is 29.1 Å². The van der Waals surface area contributed by atoms with E-state index in [1.165, 1.54) is 0 Å². The Morgan fingerprint density at radius 3 is 2.52 bits per heavy atom. The molecule has 0 spiro atoms. The molecule has 1 fully saturated rings. The number of hydrogen-bond acceptors (Lipinski definition) is 1. The summed E-state index contributed by atoms with van der Waals surface area (Å²) in [6.45, 7) is 1.97. The molecule has 1 aliphatic carbocycles. The van der Waals surface area contributed by atoms with Gasteiger partial charge in [0.25, 0.3) is 5.91 Å². The minimum absolute atomic E-state index is 0.0674. The van der Waals surface area contributed by atoms with Gasteiger partial charge in [-0.1, -0.05) is 47.0 Å². The van der Waals surface area contributed by atoms with E-state index in [0.29, 0.717) is 15.6 Å². The molecule has 21 heavy (non-hydrogen) atoms. The summed E-state index contributed by atoms with van der Waals surface area (Å²) in [6, 6.07) is 13.0. The van der Waals surface area contributed by atoms with Crippen molar-refractivity contribution in [1.29, 1.82) is 0 Å². The second-order valence-electron chi connectivity index (χ2n) is 5.53. The lowest BCUT2D eigenvalue weighted by molar-refractivity contribution is 0.0931. The second kappa shape index (κ2) is 5.36. The van der Waals surface area contributed by atoms with E-state index in [-0.39, 0.29) is 11.4 Å². The number of aryl methyl sites for hydroxylation is 1. The fraction of sp³-hybridized carbons (Fsp3) is 0.235. The van der Waals surface area contributed by atoms with Gasteiger partial charge in [0.1, 0.15) is 0 Å². The predicted octanol–water partition coefficient (Wildman–Crippen LogP) is 4.72. The van der Waals surface area contributed by atoms with Crippen molar-refractivity contribution in [3.63, 3.8) is 0 Å². The molecule has 0 saturated heterocycles. The van der Waals surface area contributed by atoms with Gasteiger partial charge in [-0.2, -0.15) is 0 Å². The van der Waals surface area contributed by atoms with E-state index in [9.17, 15) is 4.79 Å². The van der Waals surface area contributed by atoms with E-state index < -0.39 is 0 Å². The molecule has 2 aromatic rings. The van der Waals surface area contributed by atoms with Crippen LogP contribution in [0.4, 0.5) is 0 Å². The van der Waals surface area contributed by atoms with Crippen molar-refractivity contribution in [1.82, 2.24) is 5.32 Å². The van der Waals surface area contributed by atoms with Gasteiger partial charge in [0, 0.05) is 15.6 Å². The molecular formula is C17H15Cl2NO. The summed E-state index contributed by atoms with van der Waals surface area (Å²) < 4.78 is 0. The number of nitrogens with one attached hydrogen (secondary N) is 1. The molecule has 0 aromatic heterocycles. The average Bonchev–Trinajstić information content (AvgIpc) is 3.19. The minimum atomic E-state index is -0.345. The highest BCUT2D eigenvalue weighted by Gasteiger charge is 2.47. The van der Waals surface area contributed by atoms with Crippen LogP contribution >= 0.6 is 23.2 Å². The monoisotopic (exact) mass is 319 g/mol. The van der Waals surface area contributed by atoms with Crippen LogP contribution < -0.4 is 5.32 Å². The molecule has 1 N–H and O–H groups in total. The van der Waals surface area contributed by atoms with E-state index in [1.54, 1.807) is 6.07 Å². The SMILES string of the molecule is Cc1cccc(C(=O)NC2(c3ccc(Cl)cc3Cl)CC2)c1. The number of carbonyl (C=O) groups excluding carboxylic acids is 1. The zero-order valence-corrected chi connectivity index (χ0v) is 13.1. The van der Waals surface area contributed by atoms with Crippen LogP contribution in [-0.4, -0.2) is 5.91 Å². The lowest BCUT2D eigenvalue weighted by Crippen LogP contribution is -2.35. The lowest BCUT2D eigenvalue weighted by atomic mass is 10.0. The smallest absolute Gasteiger partial charge is 0.251 e. The Morgan fingerprint density at radius 1 is 1.14 bits per heavy atom. The third-order valence-electron chi connectivity index (χ3n) is 3.83. The Hall–Kier alpha value is -1.51. The molecule has 0 bridgehead atoms. The van der Waals surface area contributed by atoms with Crippen molar-refractivity contribution in [2.45, 2.75) is 25.3 Å². The van der Waals surface area contributed by atoms with Gasteiger partial charge in [0.15, 0.2) is 0 Å². The molecule has 0 radical (unpaired) electrons. The van der Waals surface area contributed by atoms with Crippen LogP contribution in [0.1, 0.15) is 34.3 Å². The van der Waals surface area contributed by atoms with E-state index in [4.69, 9.17) is 23.2 Å². The van der Waals surface area contributed by atoms with Crippen molar-refractivity contribution in [2.24, 2.45) is 0 Å². The summed E-state index contributed by atoms with van der Waals surface area (Å²) in [5.41, 5.74) is 2.33. The van der Waals surface area contributed by atoms with Gasteiger partial charge < -0.3 is 5.32 Å². The lowest BCUT2D eigenvalue weighted by Gasteiger charge is -2.19. The summed E-state index contributed by atoms with van der Waals surface area (Å²) in [6.07, 6.45) is 1.79. The zero-order chi connectivity index (χ0) is 15.0. The van der Waals surface area contributed by atoms with Crippen molar-refractivity contribution in [3.8, 4) is 0 Å². The zero-order valence-electron chi connectivity index (χ0n) is 11.6. The summed E-state index contributed by atoms with van der Waals surface area (Å²) in [4.78, 5) is 12.4. The minimum Gasteiger partial charge on any atom is -0.342 e. The third kappa shape index (κ3) is 2.92. The van der Waals surface area contributed by atoms with Crippen molar-refractivity contribution in [2.75, 3.05) is 0 Å². The number of hydrogen-bond donors (Lipinski definition) is 1. The Kier molecular flexibility index (Phi) is 3.68. The first-order valence-electron chi connectivity index (χ1n) is 6.85. The first kappa shape index (κ1) is 14.4.